The van der Waals surface area contributed by atoms with Crippen LogP contribution in [0.25, 0.3) is 0 Å². The van der Waals surface area contributed by atoms with Crippen LogP contribution in [-0.2, 0) is 0 Å². The summed E-state index contributed by atoms with van der Waals surface area (Å²) < 4.78 is 0. The van der Waals surface area contributed by atoms with E-state index >= 15 is 0 Å². The van der Waals surface area contributed by atoms with E-state index in [0.29, 0.717) is 6.04 Å². The predicted molar refractivity (Wildman–Crippen MR) is 124 cm³/mol. The molecule has 0 bridgehead atoms. The van der Waals surface area contributed by atoms with Gasteiger partial charge in [-0.1, -0.05) is 13.3 Å². The Kier molecular flexibility index (Phi) is 12.6. The number of nitrogens with zero attached hydrogens (tertiary/aromatic N) is 2. The van der Waals surface area contributed by atoms with Gasteiger partial charge in [-0.25, -0.2) is 0 Å². The third-order valence-electron chi connectivity index (χ3n) is 5.61. The fraction of sp³-hybridized carbons (Fsp3) is 0.947. The summed E-state index contributed by atoms with van der Waals surface area (Å²) >= 11 is 2.02. The van der Waals surface area contributed by atoms with Crippen LogP contribution in [0.4, 0.5) is 0 Å². The maximum absolute atomic E-state index is 4.87. The maximum atomic E-state index is 4.87. The van der Waals surface area contributed by atoms with Crippen molar-refractivity contribution < 1.29 is 0 Å². The second-order valence-electron chi connectivity index (χ2n) is 7.29. The number of hydrogen-bond acceptors (Lipinski definition) is 3. The number of thioether (sulfide) groups is 1. The average Bonchev–Trinajstić information content (AvgIpc) is 2.62. The summed E-state index contributed by atoms with van der Waals surface area (Å²) in [6.45, 7) is 10.1. The molecule has 0 aromatic rings. The summed E-state index contributed by atoms with van der Waals surface area (Å²) in [5.41, 5.74) is 0. The van der Waals surface area contributed by atoms with Crippen LogP contribution in [0.15, 0.2) is 4.99 Å². The minimum Gasteiger partial charge on any atom is -0.357 e. The number of hydrogen-bond donors (Lipinski definition) is 2. The molecule has 0 amide bonds. The highest BCUT2D eigenvalue weighted by molar-refractivity contribution is 14.0. The van der Waals surface area contributed by atoms with E-state index in [0.717, 1.165) is 30.2 Å². The third-order valence-corrected chi connectivity index (χ3v) is 6.70. The summed E-state index contributed by atoms with van der Waals surface area (Å²) in [6.07, 6.45) is 11.5. The van der Waals surface area contributed by atoms with Crippen molar-refractivity contribution in [3.63, 3.8) is 0 Å². The molecule has 6 heteroatoms. The van der Waals surface area contributed by atoms with E-state index in [1.807, 2.05) is 11.8 Å². The Morgan fingerprint density at radius 1 is 1.16 bits per heavy atom. The average molecular weight is 483 g/mol. The van der Waals surface area contributed by atoms with Gasteiger partial charge in [0.05, 0.1) is 0 Å². The molecule has 1 heterocycles. The zero-order chi connectivity index (χ0) is 17.2. The molecule has 2 rings (SSSR count). The van der Waals surface area contributed by atoms with Crippen molar-refractivity contribution >= 4 is 41.7 Å². The van der Waals surface area contributed by atoms with Crippen molar-refractivity contribution in [3.05, 3.63) is 0 Å². The first kappa shape index (κ1) is 23.3. The number of halogens is 1. The molecule has 1 aliphatic carbocycles. The van der Waals surface area contributed by atoms with Crippen LogP contribution in [-0.4, -0.2) is 61.1 Å². The van der Waals surface area contributed by atoms with Gasteiger partial charge in [-0.15, -0.1) is 24.0 Å². The number of rotatable bonds is 7. The Morgan fingerprint density at radius 3 is 2.56 bits per heavy atom. The maximum Gasteiger partial charge on any atom is 0.191 e. The minimum absolute atomic E-state index is 0. The zero-order valence-electron chi connectivity index (χ0n) is 16.4. The number of nitrogens with one attached hydrogen (secondary N) is 2. The highest BCUT2D eigenvalue weighted by Crippen LogP contribution is 2.26. The normalized spacial score (nSPS) is 26.1. The lowest BCUT2D eigenvalue weighted by Crippen LogP contribution is -2.45. The Hall–Kier alpha value is 0.310. The fourth-order valence-electron chi connectivity index (χ4n) is 3.95. The Labute approximate surface area is 176 Å². The van der Waals surface area contributed by atoms with Crippen molar-refractivity contribution in [1.82, 2.24) is 15.5 Å². The molecule has 1 aliphatic heterocycles. The molecule has 1 saturated heterocycles. The lowest BCUT2D eigenvalue weighted by molar-refractivity contribution is 0.188. The van der Waals surface area contributed by atoms with Gasteiger partial charge in [-0.3, -0.25) is 4.99 Å². The molecule has 148 valence electrons. The first-order valence-electron chi connectivity index (χ1n) is 10.0. The fourth-order valence-corrected chi connectivity index (χ4v) is 4.78. The van der Waals surface area contributed by atoms with Crippen LogP contribution in [0.2, 0.25) is 0 Å². The Morgan fingerprint density at radius 2 is 1.92 bits per heavy atom. The summed E-state index contributed by atoms with van der Waals surface area (Å²) in [7, 11) is 0. The summed E-state index contributed by atoms with van der Waals surface area (Å²) in [5, 5.41) is 7.96. The topological polar surface area (TPSA) is 39.7 Å². The second-order valence-corrected chi connectivity index (χ2v) is 8.43. The molecule has 2 N–H and O–H groups in total. The zero-order valence-corrected chi connectivity index (χ0v) is 19.6. The first-order chi connectivity index (χ1) is 11.7. The molecule has 25 heavy (non-hydrogen) atoms. The quantitative estimate of drug-likeness (QED) is 0.328. The molecule has 0 spiro atoms. The molecule has 2 unspecified atom stereocenters. The molecule has 2 fully saturated rings. The third kappa shape index (κ3) is 8.69. The van der Waals surface area contributed by atoms with Gasteiger partial charge in [0.1, 0.15) is 0 Å². The van der Waals surface area contributed by atoms with Crippen LogP contribution in [0.5, 0.6) is 0 Å². The van der Waals surface area contributed by atoms with Crippen LogP contribution in [0.3, 0.4) is 0 Å². The summed E-state index contributed by atoms with van der Waals surface area (Å²) in [4.78, 5) is 7.43. The van der Waals surface area contributed by atoms with Gasteiger partial charge in [0, 0.05) is 24.4 Å². The van der Waals surface area contributed by atoms with Crippen LogP contribution >= 0.6 is 35.7 Å². The van der Waals surface area contributed by atoms with Gasteiger partial charge in [0.2, 0.25) is 0 Å². The standard InChI is InChI=1S/C19H38N4S.HI/c1-4-20-19(22-17-7-6-8-18(15-17)24-3)21-12-9-16-10-13-23(5-2)14-11-16;/h16-18H,4-15H2,1-3H3,(H2,20,21,22);1H. The lowest BCUT2D eigenvalue weighted by Gasteiger charge is -2.31. The molecule has 1 saturated carbocycles. The minimum atomic E-state index is 0. The monoisotopic (exact) mass is 482 g/mol. The van der Waals surface area contributed by atoms with Crippen molar-refractivity contribution in [3.8, 4) is 0 Å². The number of guanidine groups is 1. The first-order valence-corrected chi connectivity index (χ1v) is 11.3. The Balaban J connectivity index is 0.00000312. The van der Waals surface area contributed by atoms with E-state index in [1.54, 1.807) is 0 Å². The molecule has 0 radical (unpaired) electrons. The van der Waals surface area contributed by atoms with Gasteiger partial charge in [-0.2, -0.15) is 11.8 Å². The van der Waals surface area contributed by atoms with Crippen molar-refractivity contribution in [2.75, 3.05) is 39.0 Å². The Bertz CT molecular complexity index is 372. The van der Waals surface area contributed by atoms with Crippen molar-refractivity contribution in [2.45, 2.75) is 70.1 Å². The van der Waals surface area contributed by atoms with Gasteiger partial charge in [0.25, 0.3) is 0 Å². The van der Waals surface area contributed by atoms with Crippen LogP contribution < -0.4 is 10.6 Å². The SMILES string of the molecule is CCNC(=NCCC1CCN(CC)CC1)NC1CCCC(SC)C1.I. The van der Waals surface area contributed by atoms with E-state index in [9.17, 15) is 0 Å². The largest absolute Gasteiger partial charge is 0.357 e. The van der Waals surface area contributed by atoms with Crippen LogP contribution in [0, 0.1) is 5.92 Å². The van der Waals surface area contributed by atoms with Gasteiger partial charge in [0.15, 0.2) is 5.96 Å². The summed E-state index contributed by atoms with van der Waals surface area (Å²) in [5.74, 6) is 1.91. The lowest BCUT2D eigenvalue weighted by atomic mass is 9.94. The number of likely N-dealkylation sites (tertiary alicyclic amines) is 1. The van der Waals surface area contributed by atoms with E-state index in [2.05, 4.69) is 35.6 Å². The second kappa shape index (κ2) is 13.5. The predicted octanol–water partition coefficient (Wildman–Crippen LogP) is 3.96. The van der Waals surface area contributed by atoms with Gasteiger partial charge >= 0.3 is 0 Å². The molecule has 2 aliphatic rings. The van der Waals surface area contributed by atoms with E-state index < -0.39 is 0 Å². The number of piperidine rings is 1. The molecule has 4 nitrogen and oxygen atoms in total. The molecule has 0 aromatic heterocycles. The number of aliphatic imine (C=N–C) groups is 1. The van der Waals surface area contributed by atoms with Gasteiger partial charge < -0.3 is 15.5 Å². The molecular formula is C19H39IN4S. The van der Waals surface area contributed by atoms with E-state index in [-0.39, 0.29) is 24.0 Å². The molecular weight excluding hydrogens is 443 g/mol. The smallest absolute Gasteiger partial charge is 0.191 e. The highest BCUT2D eigenvalue weighted by atomic mass is 127. The van der Waals surface area contributed by atoms with E-state index in [4.69, 9.17) is 4.99 Å². The molecule has 2 atom stereocenters. The van der Waals surface area contributed by atoms with E-state index in [1.165, 1.54) is 64.6 Å². The highest BCUT2D eigenvalue weighted by Gasteiger charge is 2.22. The van der Waals surface area contributed by atoms with Gasteiger partial charge in [-0.05, 0) is 77.3 Å². The van der Waals surface area contributed by atoms with Crippen molar-refractivity contribution in [1.29, 1.82) is 0 Å². The van der Waals surface area contributed by atoms with Crippen molar-refractivity contribution in [2.24, 2.45) is 10.9 Å². The summed E-state index contributed by atoms with van der Waals surface area (Å²) in [6, 6.07) is 0.599. The van der Waals surface area contributed by atoms with Crippen LogP contribution in [0.1, 0.15) is 58.8 Å². The molecule has 0 aromatic carbocycles.